The molecule has 0 amide bonds. The van der Waals surface area contributed by atoms with Gasteiger partial charge in [-0.1, -0.05) is 55.4 Å². The van der Waals surface area contributed by atoms with Crippen molar-refractivity contribution in [1.29, 1.82) is 0 Å². The van der Waals surface area contributed by atoms with Crippen LogP contribution in [-0.2, 0) is 351 Å². The molecule has 24 heteroatoms. The van der Waals surface area contributed by atoms with E-state index in [9.17, 15) is 0 Å². The Morgan fingerprint density at radius 2 is 0.718 bits per heavy atom. The molecule has 0 rings (SSSR count). The van der Waals surface area contributed by atoms with Gasteiger partial charge in [0, 0.05) is 0 Å². The fourth-order valence-corrected chi connectivity index (χ4v) is 0.643. The second kappa shape index (κ2) is 262. The minimum absolute atomic E-state index is 0.340. The van der Waals surface area contributed by atoms with Crippen molar-refractivity contribution in [1.82, 2.24) is 0 Å². The minimum atomic E-state index is 0.340. The van der Waals surface area contributed by atoms with E-state index in [-0.39, 0.29) is 0 Å². The van der Waals surface area contributed by atoms with Crippen LogP contribution in [0.1, 0.15) is 55.4 Å². The van der Waals surface area contributed by atoms with Gasteiger partial charge in [-0.2, -0.15) is 0 Å². The van der Waals surface area contributed by atoms with Crippen molar-refractivity contribution in [3.63, 3.8) is 0 Å². The number of hydrogen-bond donors (Lipinski definition) is 0. The third-order valence-corrected chi connectivity index (χ3v) is 3.80. The quantitative estimate of drug-likeness (QED) is 0.177. The van der Waals surface area contributed by atoms with Gasteiger partial charge in [-0.25, -0.2) is 0 Å². The van der Waals surface area contributed by atoms with E-state index < -0.39 is 0 Å². The van der Waals surface area contributed by atoms with Crippen LogP contribution in [0, 0.1) is 0 Å². The van der Waals surface area contributed by atoms with E-state index in [1.165, 1.54) is 58.1 Å². The third-order valence-electron chi connectivity index (χ3n) is 0.341. The number of hydrogen-bond acceptors (Lipinski definition) is 3. The first kappa shape index (κ1) is 98.9. The van der Waals surface area contributed by atoms with E-state index in [0.29, 0.717) is 13.1 Å². The third kappa shape index (κ3) is 337. The average Bonchev–Trinajstić information content (AvgIpc) is 3.11. The summed E-state index contributed by atoms with van der Waals surface area (Å²) in [5.74, 6) is 0. The van der Waals surface area contributed by atoms with Crippen molar-refractivity contribution >= 4 is 40.4 Å². The first-order valence-corrected chi connectivity index (χ1v) is 103. The molecule has 0 fully saturated rings. The standard InChI is InChI=1S/C3H2O.C2H2Br.C2HO2.4C2H6.20W/c1-3-4-2;1-2-3;1-4-2-3;4*1-2;;;;;;;;;;;;;;;;;;;;/h3H2;2H2;2H;4*1-2H3;;;;;;;;;;;;;;;;;;;;/q-2;2*-1;;;;;;;;;;;;;;;;;;;;;;;;. The number of rotatable bonds is 6. The molecule has 0 aromatic carbocycles. The molecular weight excluding hydrogens is 3980 g/mol. The number of carbonyl (C=O) groups is 1. The molecule has 0 saturated heterocycles. The van der Waals surface area contributed by atoms with Gasteiger partial charge >= 0.3 is 404 Å². The summed E-state index contributed by atoms with van der Waals surface area (Å²) < 4.78 is 19.3. The maximum absolute atomic E-state index is 9.13. The number of carbonyl (C=O) groups excluding carboxylic acids is 1. The summed E-state index contributed by atoms with van der Waals surface area (Å²) in [6.07, 6.45) is 0. The molecule has 39 heavy (non-hydrogen) atoms. The molecule has 0 unspecified atom stereocenters. The van der Waals surface area contributed by atoms with Gasteiger partial charge < -0.3 is 0 Å². The average molecular weight is 4010 g/mol. The zero-order valence-electron chi connectivity index (χ0n) is 21.8. The van der Waals surface area contributed by atoms with E-state index in [1.807, 2.05) is 55.4 Å². The van der Waals surface area contributed by atoms with Crippen molar-refractivity contribution in [3.8, 4) is 0 Å². The maximum atomic E-state index is 9.13. The van der Waals surface area contributed by atoms with Crippen LogP contribution in [0.3, 0.4) is 0 Å². The zero-order chi connectivity index (χ0) is 36.4. The Hall–Kier alpha value is 13.2. The molecule has 0 atom stereocenters. The van der Waals surface area contributed by atoms with Crippen LogP contribution in [0.4, 0.5) is 0 Å². The Morgan fingerprint density at radius 1 is 0.513 bits per heavy atom. The molecule has 3 nitrogen and oxygen atoms in total. The van der Waals surface area contributed by atoms with Crippen LogP contribution in [0.15, 0.2) is 0 Å². The van der Waals surface area contributed by atoms with Crippen LogP contribution in [0.5, 0.6) is 0 Å². The van der Waals surface area contributed by atoms with Crippen LogP contribution in [0.2, 0.25) is 0 Å². The van der Waals surface area contributed by atoms with E-state index in [4.69, 9.17) is 4.79 Å². The van der Waals surface area contributed by atoms with Gasteiger partial charge in [-0.3, -0.25) is 0 Å². The number of ether oxygens (including phenoxy) is 2. The van der Waals surface area contributed by atoms with Gasteiger partial charge in [-0.15, -0.1) is 0 Å². The Bertz CT molecular complexity index is 265. The fourth-order valence-electron chi connectivity index (χ4n) is 0.0786. The Balaban J connectivity index is -0.0000000125. The summed E-state index contributed by atoms with van der Waals surface area (Å²) >= 11 is 34.8. The van der Waals surface area contributed by atoms with E-state index in [0.717, 1.165) is 24.7 Å². The SMILES string of the molecule is BrC[C-]=[W].CC.CC.CC.CC.O=CO[C-]=[W].[W]=[C-]CO[C-]=[W].[W]=[W].[W]=[W].[W]=[W].[W]=[W].[W]=[W].[W]=[W].[W]=[W].[W]=[W]. The molecule has 0 bridgehead atoms. The molecule has 238 valence electrons. The van der Waals surface area contributed by atoms with Crippen molar-refractivity contribution in [2.24, 2.45) is 0 Å². The molecule has 0 aliphatic carbocycles. The zero-order valence-corrected chi connectivity index (χ0v) is 82.0. The molecule has 0 N–H and O–H groups in total. The predicted octanol–water partition coefficient (Wildman–Crippen LogP) is 3.43. The van der Waals surface area contributed by atoms with E-state index in [2.05, 4.69) is 43.4 Å². The summed E-state index contributed by atoms with van der Waals surface area (Å²) in [5, 5.41) is 0.919. The Kier molecular flexibility index (Phi) is 665. The van der Waals surface area contributed by atoms with Crippen LogP contribution in [-0.4, -0.2) is 36.4 Å². The molecule has 0 saturated carbocycles. The number of alkyl halides is 1. The molecule has 0 aliphatic heterocycles. The molecular formula is C15H29BrO3W20-4. The van der Waals surface area contributed by atoms with Crippen LogP contribution >= 0.6 is 15.9 Å². The summed E-state index contributed by atoms with van der Waals surface area (Å²) in [6.45, 7) is 17.0. The second-order valence-corrected chi connectivity index (χ2v) is 4.92. The first-order chi connectivity index (χ1) is 19.2. The van der Waals surface area contributed by atoms with Crippen LogP contribution in [0.25, 0.3) is 0 Å². The number of halogens is 1. The first-order valence-electron chi connectivity index (χ1n) is 8.29. The van der Waals surface area contributed by atoms with Gasteiger partial charge in [0.25, 0.3) is 0 Å². The normalized spacial score (nSPS) is 3.92. The van der Waals surface area contributed by atoms with Gasteiger partial charge in [-0.05, 0) is 0 Å². The van der Waals surface area contributed by atoms with Gasteiger partial charge in [0.15, 0.2) is 0 Å². The monoisotopic (exact) mass is 4020 g/mol. The summed E-state index contributed by atoms with van der Waals surface area (Å²) in [5.41, 5.74) is 0. The van der Waals surface area contributed by atoms with Gasteiger partial charge in [0.1, 0.15) is 0 Å². The summed E-state index contributed by atoms with van der Waals surface area (Å²) in [4.78, 5) is 9.13. The molecule has 0 radical (unpaired) electrons. The molecule has 0 aromatic rings. The Labute approximate surface area is 445 Å². The van der Waals surface area contributed by atoms with Crippen molar-refractivity contribution in [2.75, 3.05) is 11.9 Å². The summed E-state index contributed by atoms with van der Waals surface area (Å²) in [7, 11) is 0. The van der Waals surface area contributed by atoms with E-state index >= 15 is 0 Å². The van der Waals surface area contributed by atoms with Crippen LogP contribution < -0.4 is 0 Å². The van der Waals surface area contributed by atoms with E-state index in [1.54, 1.807) is 260 Å². The van der Waals surface area contributed by atoms with Gasteiger partial charge in [0.05, 0.1) is 0 Å². The fraction of sp³-hybridized carbons (Fsp3) is 0.667. The second-order valence-electron chi connectivity index (χ2n) is 1.09. The molecule has 0 spiro atoms. The molecule has 0 aromatic heterocycles. The topological polar surface area (TPSA) is 35.5 Å². The summed E-state index contributed by atoms with van der Waals surface area (Å²) in [6, 6.07) is 0. The van der Waals surface area contributed by atoms with Crippen molar-refractivity contribution in [3.05, 3.63) is 0 Å². The molecule has 0 heterocycles. The van der Waals surface area contributed by atoms with Gasteiger partial charge in [0.2, 0.25) is 0 Å². The predicted molar refractivity (Wildman–Crippen MR) is 92.3 cm³/mol. The Morgan fingerprint density at radius 3 is 0.744 bits per heavy atom. The molecule has 0 aliphatic rings. The van der Waals surface area contributed by atoms with Crippen molar-refractivity contribution < 1.29 is 351 Å². The van der Waals surface area contributed by atoms with Crippen molar-refractivity contribution in [2.45, 2.75) is 55.4 Å².